The number of fused-ring (bicyclic) bond motifs is 1. The van der Waals surface area contributed by atoms with Crippen LogP contribution in [0.2, 0.25) is 0 Å². The number of anilines is 1. The molecule has 0 spiro atoms. The van der Waals surface area contributed by atoms with E-state index >= 15 is 0 Å². The van der Waals surface area contributed by atoms with Crippen molar-refractivity contribution >= 4 is 16.7 Å². The van der Waals surface area contributed by atoms with Crippen LogP contribution >= 0.6 is 0 Å². The molecule has 6 nitrogen and oxygen atoms in total. The Balaban J connectivity index is 1.34. The third-order valence-corrected chi connectivity index (χ3v) is 8.26. The van der Waals surface area contributed by atoms with Gasteiger partial charge < -0.3 is 9.47 Å². The Labute approximate surface area is 218 Å². The highest BCUT2D eigenvalue weighted by Crippen LogP contribution is 2.40. The van der Waals surface area contributed by atoms with E-state index in [0.717, 1.165) is 67.6 Å². The summed E-state index contributed by atoms with van der Waals surface area (Å²) in [5.74, 6) is 0.509. The second kappa shape index (κ2) is 10.6. The van der Waals surface area contributed by atoms with E-state index in [4.69, 9.17) is 0 Å². The van der Waals surface area contributed by atoms with Crippen LogP contribution in [0.1, 0.15) is 68.7 Å². The summed E-state index contributed by atoms with van der Waals surface area (Å²) in [6.07, 6.45) is 5.93. The molecule has 0 unspecified atom stereocenters. The van der Waals surface area contributed by atoms with Crippen LogP contribution < -0.4 is 10.5 Å². The molecule has 1 saturated carbocycles. The van der Waals surface area contributed by atoms with Crippen molar-refractivity contribution in [3.05, 3.63) is 69.4 Å². The third-order valence-electron chi connectivity index (χ3n) is 8.26. The van der Waals surface area contributed by atoms with E-state index in [1.807, 2.05) is 12.1 Å². The van der Waals surface area contributed by atoms with Gasteiger partial charge in [-0.2, -0.15) is 5.26 Å². The molecule has 5 rings (SSSR count). The summed E-state index contributed by atoms with van der Waals surface area (Å²) in [6, 6.07) is 13.7. The van der Waals surface area contributed by atoms with Crippen molar-refractivity contribution in [1.82, 2.24) is 14.5 Å². The van der Waals surface area contributed by atoms with Crippen LogP contribution in [0.3, 0.4) is 0 Å². The fraction of sp³-hybridized carbons (Fsp3) is 0.500. The Morgan fingerprint density at radius 1 is 1.08 bits per heavy atom. The van der Waals surface area contributed by atoms with Crippen molar-refractivity contribution in [2.75, 3.05) is 24.5 Å². The molecule has 7 heteroatoms. The van der Waals surface area contributed by atoms with Gasteiger partial charge in [-0.1, -0.05) is 26.0 Å². The molecule has 0 radical (unpaired) electrons. The van der Waals surface area contributed by atoms with Gasteiger partial charge in [0, 0.05) is 38.3 Å². The maximum absolute atomic E-state index is 14.7. The molecule has 1 aliphatic heterocycles. The minimum Gasteiger partial charge on any atom is -0.364 e. The van der Waals surface area contributed by atoms with Crippen LogP contribution in [0, 0.1) is 17.1 Å². The van der Waals surface area contributed by atoms with Crippen LogP contribution in [0.25, 0.3) is 11.0 Å². The molecule has 0 amide bonds. The number of halogens is 1. The van der Waals surface area contributed by atoms with E-state index in [1.165, 1.54) is 12.8 Å². The number of nitriles is 1. The highest BCUT2D eigenvalue weighted by atomic mass is 19.1. The predicted molar refractivity (Wildman–Crippen MR) is 145 cm³/mol. The van der Waals surface area contributed by atoms with Crippen molar-refractivity contribution in [1.29, 1.82) is 5.26 Å². The highest BCUT2D eigenvalue weighted by molar-refractivity contribution is 5.89. The SMILES string of the molecule is CC[C@@H]1CN(c2cc(=O)n(C)c3ccc(C#N)nc23)[C@@H](CC)CN1CCCc1ccc(C2CC2)cc1F. The second-order valence-electron chi connectivity index (χ2n) is 10.6. The zero-order valence-corrected chi connectivity index (χ0v) is 22.1. The number of rotatable bonds is 8. The lowest BCUT2D eigenvalue weighted by Crippen LogP contribution is -2.58. The van der Waals surface area contributed by atoms with Crippen LogP contribution in [0.15, 0.2) is 41.2 Å². The highest BCUT2D eigenvalue weighted by Gasteiger charge is 2.33. The number of nitrogens with zero attached hydrogens (tertiary/aromatic N) is 5. The van der Waals surface area contributed by atoms with E-state index in [0.29, 0.717) is 23.2 Å². The average molecular weight is 502 g/mol. The minimum atomic E-state index is -0.0749. The second-order valence-corrected chi connectivity index (χ2v) is 10.6. The molecule has 2 aliphatic rings. The van der Waals surface area contributed by atoms with Crippen molar-refractivity contribution in [2.45, 2.75) is 70.4 Å². The van der Waals surface area contributed by atoms with E-state index < -0.39 is 0 Å². The molecule has 0 bridgehead atoms. The average Bonchev–Trinajstić information content (AvgIpc) is 3.76. The van der Waals surface area contributed by atoms with Crippen molar-refractivity contribution in [2.24, 2.45) is 7.05 Å². The molecule has 2 aromatic heterocycles. The number of pyridine rings is 2. The molecular formula is C30H36FN5O. The van der Waals surface area contributed by atoms with Gasteiger partial charge in [0.1, 0.15) is 23.1 Å². The lowest BCUT2D eigenvalue weighted by atomic mass is 9.99. The maximum atomic E-state index is 14.7. The van der Waals surface area contributed by atoms with Gasteiger partial charge >= 0.3 is 0 Å². The number of aryl methyl sites for hydroxylation is 2. The van der Waals surface area contributed by atoms with Crippen molar-refractivity contribution in [3.63, 3.8) is 0 Å². The fourth-order valence-corrected chi connectivity index (χ4v) is 5.82. The number of piperazine rings is 1. The molecule has 2 fully saturated rings. The lowest BCUT2D eigenvalue weighted by Gasteiger charge is -2.47. The van der Waals surface area contributed by atoms with Crippen molar-refractivity contribution in [3.8, 4) is 6.07 Å². The fourth-order valence-electron chi connectivity index (χ4n) is 5.82. The van der Waals surface area contributed by atoms with Crippen molar-refractivity contribution < 1.29 is 4.39 Å². The van der Waals surface area contributed by atoms with Gasteiger partial charge in [0.2, 0.25) is 0 Å². The summed E-state index contributed by atoms with van der Waals surface area (Å²) in [5, 5.41) is 9.43. The van der Waals surface area contributed by atoms with E-state index in [1.54, 1.807) is 29.8 Å². The predicted octanol–water partition coefficient (Wildman–Crippen LogP) is 5.13. The third kappa shape index (κ3) is 5.13. The molecule has 2 atom stereocenters. The molecule has 37 heavy (non-hydrogen) atoms. The summed E-state index contributed by atoms with van der Waals surface area (Å²) < 4.78 is 16.3. The summed E-state index contributed by atoms with van der Waals surface area (Å²) >= 11 is 0. The Hall–Kier alpha value is -3.24. The van der Waals surface area contributed by atoms with Crippen LogP contribution in [0.4, 0.5) is 10.1 Å². The molecular weight excluding hydrogens is 465 g/mol. The molecule has 3 heterocycles. The minimum absolute atomic E-state index is 0.0607. The normalized spacial score (nSPS) is 20.4. The number of aromatic nitrogens is 2. The van der Waals surface area contributed by atoms with E-state index in [2.05, 4.69) is 40.8 Å². The molecule has 1 aromatic carbocycles. The first-order valence-corrected chi connectivity index (χ1v) is 13.6. The molecule has 1 saturated heterocycles. The molecule has 0 N–H and O–H groups in total. The monoisotopic (exact) mass is 501 g/mol. The summed E-state index contributed by atoms with van der Waals surface area (Å²) in [4.78, 5) is 22.3. The summed E-state index contributed by atoms with van der Waals surface area (Å²) in [5.41, 5.74) is 4.49. The first kappa shape index (κ1) is 25.4. The Morgan fingerprint density at radius 3 is 2.54 bits per heavy atom. The van der Waals surface area contributed by atoms with Gasteiger partial charge in [0.15, 0.2) is 0 Å². The number of benzene rings is 1. The largest absolute Gasteiger partial charge is 0.364 e. The topological polar surface area (TPSA) is 65.2 Å². The Kier molecular flexibility index (Phi) is 7.30. The zero-order valence-electron chi connectivity index (χ0n) is 22.1. The summed E-state index contributed by atoms with van der Waals surface area (Å²) in [6.45, 7) is 6.97. The molecule has 3 aromatic rings. The van der Waals surface area contributed by atoms with Gasteiger partial charge in [-0.3, -0.25) is 9.69 Å². The van der Waals surface area contributed by atoms with Gasteiger partial charge in [0.25, 0.3) is 5.56 Å². The maximum Gasteiger partial charge on any atom is 0.252 e. The van der Waals surface area contributed by atoms with Crippen LogP contribution in [0.5, 0.6) is 0 Å². The number of hydrogen-bond donors (Lipinski definition) is 0. The molecule has 194 valence electrons. The van der Waals surface area contributed by atoms with Gasteiger partial charge in [-0.05, 0) is 80.3 Å². The molecule has 1 aliphatic carbocycles. The van der Waals surface area contributed by atoms with Gasteiger partial charge in [0.05, 0.1) is 11.2 Å². The van der Waals surface area contributed by atoms with Crippen LogP contribution in [-0.2, 0) is 13.5 Å². The standard InChI is InChI=1S/C30H36FN5O/c1-4-24-19-36(28-16-29(37)34(3)27-13-12-23(17-32)33-30(27)28)25(5-2)18-35(24)14-6-7-21-10-11-22(15-26(21)31)20-8-9-20/h10-13,15-16,20,24-25H,4-9,14,18-19H2,1-3H3/t24-,25+/m1/s1. The lowest BCUT2D eigenvalue weighted by molar-refractivity contribution is 0.143. The Morgan fingerprint density at radius 2 is 1.86 bits per heavy atom. The summed E-state index contributed by atoms with van der Waals surface area (Å²) in [7, 11) is 1.74. The quantitative estimate of drug-likeness (QED) is 0.428. The first-order valence-electron chi connectivity index (χ1n) is 13.6. The van der Waals surface area contributed by atoms with Crippen LogP contribution in [-0.4, -0.2) is 46.2 Å². The number of hydrogen-bond acceptors (Lipinski definition) is 5. The van der Waals surface area contributed by atoms with Gasteiger partial charge in [-0.25, -0.2) is 9.37 Å². The van der Waals surface area contributed by atoms with Gasteiger partial charge in [-0.15, -0.1) is 0 Å². The smallest absolute Gasteiger partial charge is 0.252 e. The zero-order chi connectivity index (χ0) is 26.1. The van der Waals surface area contributed by atoms with E-state index in [-0.39, 0.29) is 17.4 Å². The Bertz CT molecular complexity index is 1390. The first-order chi connectivity index (χ1) is 17.9. The van der Waals surface area contributed by atoms with E-state index in [9.17, 15) is 14.4 Å².